The molecular weight excluding hydrogens is 491 g/mol. The Labute approximate surface area is 211 Å². The number of carbonyl (C=O) groups is 2. The Hall–Kier alpha value is -2.79. The summed E-state index contributed by atoms with van der Waals surface area (Å²) in [4.78, 5) is 34.2. The van der Waals surface area contributed by atoms with Crippen LogP contribution in [0, 0.1) is 6.92 Å². The zero-order chi connectivity index (χ0) is 24.5. The lowest BCUT2D eigenvalue weighted by atomic mass is 9.82. The number of allylic oxidation sites excluding steroid dienone is 4. The number of para-hydroxylation sites is 1. The van der Waals surface area contributed by atoms with E-state index in [1.54, 1.807) is 12.1 Å². The molecule has 172 valence electrons. The van der Waals surface area contributed by atoms with E-state index < -0.39 is 11.6 Å². The fourth-order valence-electron chi connectivity index (χ4n) is 4.68. The van der Waals surface area contributed by atoms with E-state index in [0.29, 0.717) is 27.2 Å². The van der Waals surface area contributed by atoms with Crippen molar-refractivity contribution in [1.82, 2.24) is 9.97 Å². The predicted molar refractivity (Wildman–Crippen MR) is 141 cm³/mol. The van der Waals surface area contributed by atoms with Gasteiger partial charge in [0.05, 0.1) is 11.1 Å². The minimum atomic E-state index is -0.490. The Balaban J connectivity index is 1.78. The molecule has 2 N–H and O–H groups in total. The fourth-order valence-corrected chi connectivity index (χ4v) is 5.40. The Bertz CT molecular complexity index is 1610. The van der Waals surface area contributed by atoms with Gasteiger partial charge in [-0.1, -0.05) is 73.8 Å². The number of Topliss-reactive ketones (excluding diaryl/α,β-unsaturated/α-hetero) is 2. The van der Waals surface area contributed by atoms with Gasteiger partial charge in [0.2, 0.25) is 11.6 Å². The molecule has 0 unspecified atom stereocenters. The topological polar surface area (TPSA) is 65.7 Å². The molecule has 4 nitrogen and oxygen atoms in total. The third-order valence-electron chi connectivity index (χ3n) is 6.20. The summed E-state index contributed by atoms with van der Waals surface area (Å²) < 4.78 is 0. The largest absolute Gasteiger partial charge is 0.358 e. The summed E-state index contributed by atoms with van der Waals surface area (Å²) >= 11 is 19.6. The summed E-state index contributed by atoms with van der Waals surface area (Å²) in [5.41, 5.74) is 4.16. The molecular formula is C27H21Cl3N2O2. The van der Waals surface area contributed by atoms with Gasteiger partial charge in [-0.05, 0) is 31.2 Å². The number of hydrogen-bond donors (Lipinski definition) is 2. The van der Waals surface area contributed by atoms with Crippen molar-refractivity contribution in [1.29, 1.82) is 0 Å². The quantitative estimate of drug-likeness (QED) is 0.271. The van der Waals surface area contributed by atoms with Crippen LogP contribution in [-0.2, 0) is 15.0 Å². The Morgan fingerprint density at radius 3 is 1.97 bits per heavy atom. The highest BCUT2D eigenvalue weighted by molar-refractivity contribution is 6.69. The molecule has 2 aromatic heterocycles. The summed E-state index contributed by atoms with van der Waals surface area (Å²) in [5.74, 6) is -0.970. The third kappa shape index (κ3) is 3.36. The number of aryl methyl sites for hydroxylation is 1. The Morgan fingerprint density at radius 2 is 1.32 bits per heavy atom. The van der Waals surface area contributed by atoms with Gasteiger partial charge in [-0.2, -0.15) is 0 Å². The lowest BCUT2D eigenvalue weighted by Crippen LogP contribution is -2.22. The van der Waals surface area contributed by atoms with Crippen molar-refractivity contribution < 1.29 is 9.59 Å². The number of halogens is 3. The van der Waals surface area contributed by atoms with Crippen molar-refractivity contribution in [2.24, 2.45) is 0 Å². The van der Waals surface area contributed by atoms with Gasteiger partial charge < -0.3 is 9.97 Å². The van der Waals surface area contributed by atoms with Gasteiger partial charge in [-0.3, -0.25) is 9.59 Å². The second kappa shape index (κ2) is 7.88. The number of aromatic nitrogens is 2. The van der Waals surface area contributed by atoms with Crippen molar-refractivity contribution in [2.45, 2.75) is 33.1 Å². The summed E-state index contributed by atoms with van der Waals surface area (Å²) in [6, 6.07) is 13.0. The monoisotopic (exact) mass is 510 g/mol. The van der Waals surface area contributed by atoms with Gasteiger partial charge >= 0.3 is 0 Å². The molecule has 2 aromatic carbocycles. The highest BCUT2D eigenvalue weighted by Gasteiger charge is 2.39. The van der Waals surface area contributed by atoms with Crippen LogP contribution in [0.15, 0.2) is 52.5 Å². The molecule has 0 saturated heterocycles. The molecule has 2 heterocycles. The molecule has 4 aromatic rings. The van der Waals surface area contributed by atoms with E-state index in [-0.39, 0.29) is 26.6 Å². The van der Waals surface area contributed by atoms with E-state index in [9.17, 15) is 9.59 Å². The lowest BCUT2D eigenvalue weighted by Gasteiger charge is -2.23. The number of fused-ring (bicyclic) bond motifs is 2. The van der Waals surface area contributed by atoms with Crippen LogP contribution in [0.25, 0.3) is 33.0 Å². The van der Waals surface area contributed by atoms with Crippen molar-refractivity contribution in [3.63, 3.8) is 0 Å². The molecule has 5 rings (SSSR count). The maximum absolute atomic E-state index is 13.8. The molecule has 0 aliphatic heterocycles. The molecule has 0 saturated carbocycles. The van der Waals surface area contributed by atoms with Crippen LogP contribution in [0.1, 0.15) is 43.3 Å². The first-order valence-electron chi connectivity index (χ1n) is 10.8. The molecule has 0 radical (unpaired) electrons. The Kier molecular flexibility index (Phi) is 5.32. The summed E-state index contributed by atoms with van der Waals surface area (Å²) in [6.07, 6.45) is 0. The molecule has 0 amide bonds. The fraction of sp³-hybridized carbons (Fsp3) is 0.185. The lowest BCUT2D eigenvalue weighted by molar-refractivity contribution is -0.113. The summed E-state index contributed by atoms with van der Waals surface area (Å²) in [6.45, 7) is 7.93. The SMILES string of the molecule is Cc1[nH]c2ccc(Cl)cc2c1C1=C(Cl)C(=O)C(c2c(C(C)(C)C)[nH]c3ccccc23)=C(Cl)C1=O. The van der Waals surface area contributed by atoms with Gasteiger partial charge in [0.25, 0.3) is 0 Å². The molecule has 1 aliphatic carbocycles. The zero-order valence-electron chi connectivity index (χ0n) is 19.0. The number of H-pyrrole nitrogens is 2. The van der Waals surface area contributed by atoms with Crippen molar-refractivity contribution in [3.8, 4) is 0 Å². The maximum atomic E-state index is 13.8. The average Bonchev–Trinajstić information content (AvgIpc) is 3.31. The number of carbonyl (C=O) groups excluding carboxylic acids is 2. The van der Waals surface area contributed by atoms with Crippen LogP contribution >= 0.6 is 34.8 Å². The minimum absolute atomic E-state index is 0.0867. The highest BCUT2D eigenvalue weighted by Crippen LogP contribution is 2.46. The molecule has 0 bridgehead atoms. The van der Waals surface area contributed by atoms with E-state index in [1.165, 1.54) is 0 Å². The van der Waals surface area contributed by atoms with Crippen LogP contribution in [-0.4, -0.2) is 21.5 Å². The molecule has 7 heteroatoms. The first-order valence-corrected chi connectivity index (χ1v) is 11.9. The maximum Gasteiger partial charge on any atom is 0.207 e. The number of nitrogens with one attached hydrogen (secondary N) is 2. The summed E-state index contributed by atoms with van der Waals surface area (Å²) in [7, 11) is 0. The van der Waals surface area contributed by atoms with E-state index in [2.05, 4.69) is 9.97 Å². The van der Waals surface area contributed by atoms with Crippen LogP contribution in [0.2, 0.25) is 5.02 Å². The normalized spacial score (nSPS) is 15.4. The van der Waals surface area contributed by atoms with Crippen molar-refractivity contribution in [2.75, 3.05) is 0 Å². The van der Waals surface area contributed by atoms with Gasteiger partial charge in [-0.15, -0.1) is 0 Å². The summed E-state index contributed by atoms with van der Waals surface area (Å²) in [5, 5.41) is 1.73. The van der Waals surface area contributed by atoms with Crippen LogP contribution in [0.3, 0.4) is 0 Å². The van der Waals surface area contributed by atoms with Gasteiger partial charge in [-0.25, -0.2) is 0 Å². The van der Waals surface area contributed by atoms with E-state index in [1.807, 2.05) is 58.0 Å². The molecule has 0 atom stereocenters. The molecule has 1 aliphatic rings. The first kappa shape index (κ1) is 23.0. The number of rotatable bonds is 2. The van der Waals surface area contributed by atoms with Gasteiger partial charge in [0, 0.05) is 54.8 Å². The smallest absolute Gasteiger partial charge is 0.207 e. The third-order valence-corrected chi connectivity index (χ3v) is 7.15. The van der Waals surface area contributed by atoms with Crippen molar-refractivity contribution >= 4 is 79.3 Å². The number of hydrogen-bond acceptors (Lipinski definition) is 2. The Morgan fingerprint density at radius 1 is 0.735 bits per heavy atom. The van der Waals surface area contributed by atoms with Gasteiger partial charge in [0.15, 0.2) is 0 Å². The van der Waals surface area contributed by atoms with E-state index >= 15 is 0 Å². The average molecular weight is 512 g/mol. The van der Waals surface area contributed by atoms with Crippen LogP contribution < -0.4 is 0 Å². The van der Waals surface area contributed by atoms with Crippen LogP contribution in [0.4, 0.5) is 0 Å². The first-order chi connectivity index (χ1) is 16.0. The van der Waals surface area contributed by atoms with Crippen molar-refractivity contribution in [3.05, 3.63) is 80.1 Å². The molecule has 0 spiro atoms. The second-order valence-corrected chi connectivity index (χ2v) is 10.7. The van der Waals surface area contributed by atoms with E-state index in [0.717, 1.165) is 22.1 Å². The number of ketones is 2. The highest BCUT2D eigenvalue weighted by atomic mass is 35.5. The predicted octanol–water partition coefficient (Wildman–Crippen LogP) is 7.66. The van der Waals surface area contributed by atoms with Crippen LogP contribution in [0.5, 0.6) is 0 Å². The minimum Gasteiger partial charge on any atom is -0.358 e. The zero-order valence-corrected chi connectivity index (χ0v) is 21.3. The van der Waals surface area contributed by atoms with E-state index in [4.69, 9.17) is 34.8 Å². The number of benzene rings is 2. The molecule has 0 fully saturated rings. The van der Waals surface area contributed by atoms with Gasteiger partial charge in [0.1, 0.15) is 10.1 Å². The standard InChI is InChI=1S/C27H21Cl3N2O2/c1-12-18(15-11-13(28)9-10-17(15)31-12)20-22(29)25(34)21(23(30)24(20)33)19-14-7-5-6-8-16(14)32-26(19)27(2,3)4/h5-11,31-32H,1-4H3. The molecule has 34 heavy (non-hydrogen) atoms. The number of aromatic amines is 2. The second-order valence-electron chi connectivity index (χ2n) is 9.52.